The van der Waals surface area contributed by atoms with Crippen LogP contribution >= 0.6 is 11.8 Å². The molecule has 1 aromatic heterocycles. The van der Waals surface area contributed by atoms with Gasteiger partial charge >= 0.3 is 5.97 Å². The summed E-state index contributed by atoms with van der Waals surface area (Å²) in [4.78, 5) is 17.1. The van der Waals surface area contributed by atoms with Crippen LogP contribution in [0.25, 0.3) is 10.9 Å². The number of pyridine rings is 1. The third-order valence-electron chi connectivity index (χ3n) is 3.69. The smallest absolute Gasteiger partial charge is 0.336 e. The molecule has 0 fully saturated rings. The highest BCUT2D eigenvalue weighted by Crippen LogP contribution is 2.30. The molecular formula is C19H17NO2S. The van der Waals surface area contributed by atoms with Gasteiger partial charge in [-0.1, -0.05) is 55.9 Å². The average Bonchev–Trinajstić information content (AvgIpc) is 2.54. The molecule has 0 radical (unpaired) electrons. The quantitative estimate of drug-likeness (QED) is 0.716. The molecule has 0 amide bonds. The Morgan fingerprint density at radius 1 is 1.09 bits per heavy atom. The molecule has 0 atom stereocenters. The third-order valence-corrected chi connectivity index (χ3v) is 4.62. The molecule has 0 saturated heterocycles. The Morgan fingerprint density at radius 3 is 2.43 bits per heavy atom. The van der Waals surface area contributed by atoms with Crippen molar-refractivity contribution in [1.82, 2.24) is 4.98 Å². The number of para-hydroxylation sites is 1. The Hall–Kier alpha value is -2.33. The number of hydrogen-bond donors (Lipinski definition) is 1. The van der Waals surface area contributed by atoms with E-state index in [0.29, 0.717) is 21.8 Å². The standard InChI is InChI=1S/C19H17NO2S/c1-12(2)13-7-9-14(10-8-13)23-18-11-16(19(21)22)15-5-3-4-6-17(15)20-18/h3-12H,1-2H3,(H,21,22). The van der Waals surface area contributed by atoms with Crippen molar-refractivity contribution >= 4 is 28.6 Å². The molecule has 0 spiro atoms. The molecular weight excluding hydrogens is 306 g/mol. The van der Waals surface area contributed by atoms with E-state index in [2.05, 4.69) is 43.1 Å². The maximum absolute atomic E-state index is 11.5. The van der Waals surface area contributed by atoms with Crippen LogP contribution < -0.4 is 0 Å². The molecule has 3 aromatic rings. The normalized spacial score (nSPS) is 11.1. The number of hydrogen-bond acceptors (Lipinski definition) is 3. The van der Waals surface area contributed by atoms with E-state index in [4.69, 9.17) is 0 Å². The van der Waals surface area contributed by atoms with E-state index >= 15 is 0 Å². The number of nitrogens with zero attached hydrogens (tertiary/aromatic N) is 1. The van der Waals surface area contributed by atoms with Gasteiger partial charge in [0.2, 0.25) is 0 Å². The van der Waals surface area contributed by atoms with Gasteiger partial charge in [-0.15, -0.1) is 0 Å². The number of carboxylic acids is 1. The van der Waals surface area contributed by atoms with Crippen LogP contribution in [0.1, 0.15) is 35.7 Å². The molecule has 0 aliphatic rings. The number of aromatic nitrogens is 1. The molecule has 4 heteroatoms. The molecule has 0 saturated carbocycles. The van der Waals surface area contributed by atoms with Gasteiger partial charge in [-0.3, -0.25) is 0 Å². The summed E-state index contributed by atoms with van der Waals surface area (Å²) < 4.78 is 0. The number of rotatable bonds is 4. The molecule has 0 aliphatic carbocycles. The predicted octanol–water partition coefficient (Wildman–Crippen LogP) is 5.21. The van der Waals surface area contributed by atoms with Gasteiger partial charge in [-0.05, 0) is 35.7 Å². The highest BCUT2D eigenvalue weighted by Gasteiger charge is 2.12. The summed E-state index contributed by atoms with van der Waals surface area (Å²) in [5.41, 5.74) is 2.28. The van der Waals surface area contributed by atoms with Gasteiger partial charge in [-0.25, -0.2) is 9.78 Å². The van der Waals surface area contributed by atoms with Crippen LogP contribution in [-0.4, -0.2) is 16.1 Å². The first-order valence-corrected chi connectivity index (χ1v) is 8.27. The van der Waals surface area contributed by atoms with Gasteiger partial charge in [0, 0.05) is 10.3 Å². The van der Waals surface area contributed by atoms with E-state index in [1.165, 1.54) is 17.3 Å². The van der Waals surface area contributed by atoms with Crippen molar-refractivity contribution in [3.63, 3.8) is 0 Å². The van der Waals surface area contributed by atoms with Crippen LogP contribution in [0.5, 0.6) is 0 Å². The van der Waals surface area contributed by atoms with Crippen molar-refractivity contribution in [2.45, 2.75) is 29.7 Å². The van der Waals surface area contributed by atoms with Gasteiger partial charge in [0.05, 0.1) is 11.1 Å². The Morgan fingerprint density at radius 2 is 1.78 bits per heavy atom. The minimum atomic E-state index is -0.930. The maximum Gasteiger partial charge on any atom is 0.336 e. The fraction of sp³-hybridized carbons (Fsp3) is 0.158. The Labute approximate surface area is 139 Å². The molecule has 1 N–H and O–H groups in total. The number of carboxylic acid groups (broad SMARTS) is 1. The highest BCUT2D eigenvalue weighted by atomic mass is 32.2. The van der Waals surface area contributed by atoms with Gasteiger partial charge in [0.1, 0.15) is 5.03 Å². The summed E-state index contributed by atoms with van der Waals surface area (Å²) in [6.07, 6.45) is 0. The van der Waals surface area contributed by atoms with Gasteiger partial charge < -0.3 is 5.11 Å². The first kappa shape index (κ1) is 15.6. The van der Waals surface area contributed by atoms with E-state index in [9.17, 15) is 9.90 Å². The lowest BCUT2D eigenvalue weighted by atomic mass is 10.0. The summed E-state index contributed by atoms with van der Waals surface area (Å²) in [7, 11) is 0. The lowest BCUT2D eigenvalue weighted by Gasteiger charge is -2.08. The fourth-order valence-electron chi connectivity index (χ4n) is 2.42. The molecule has 0 aliphatic heterocycles. The third kappa shape index (κ3) is 3.37. The predicted molar refractivity (Wildman–Crippen MR) is 93.4 cm³/mol. The second-order valence-electron chi connectivity index (χ2n) is 5.66. The molecule has 3 rings (SSSR count). The van der Waals surface area contributed by atoms with E-state index in [-0.39, 0.29) is 5.56 Å². The fourth-order valence-corrected chi connectivity index (χ4v) is 3.26. The van der Waals surface area contributed by atoms with Gasteiger partial charge in [-0.2, -0.15) is 0 Å². The largest absolute Gasteiger partial charge is 0.478 e. The van der Waals surface area contributed by atoms with E-state index in [1.54, 1.807) is 12.1 Å². The molecule has 1 heterocycles. The summed E-state index contributed by atoms with van der Waals surface area (Å²) in [6.45, 7) is 4.32. The van der Waals surface area contributed by atoms with Crippen molar-refractivity contribution in [3.8, 4) is 0 Å². The lowest BCUT2D eigenvalue weighted by molar-refractivity contribution is 0.0698. The van der Waals surface area contributed by atoms with Gasteiger partial charge in [0.15, 0.2) is 0 Å². The van der Waals surface area contributed by atoms with Crippen LogP contribution in [0.4, 0.5) is 0 Å². The molecule has 2 aromatic carbocycles. The van der Waals surface area contributed by atoms with Crippen LogP contribution in [0, 0.1) is 0 Å². The van der Waals surface area contributed by atoms with Crippen molar-refractivity contribution in [2.75, 3.05) is 0 Å². The number of aromatic carboxylic acids is 1. The average molecular weight is 323 g/mol. The monoisotopic (exact) mass is 323 g/mol. The highest BCUT2D eigenvalue weighted by molar-refractivity contribution is 7.99. The van der Waals surface area contributed by atoms with Crippen molar-refractivity contribution < 1.29 is 9.90 Å². The topological polar surface area (TPSA) is 50.2 Å². The van der Waals surface area contributed by atoms with Crippen LogP contribution in [0.2, 0.25) is 0 Å². The Bertz CT molecular complexity index is 857. The second kappa shape index (κ2) is 6.42. The summed E-state index contributed by atoms with van der Waals surface area (Å²) in [6, 6.07) is 17.3. The first-order chi connectivity index (χ1) is 11.0. The van der Waals surface area contributed by atoms with E-state index < -0.39 is 5.97 Å². The van der Waals surface area contributed by atoms with Crippen molar-refractivity contribution in [2.24, 2.45) is 0 Å². The summed E-state index contributed by atoms with van der Waals surface area (Å²) in [5, 5.41) is 10.8. The molecule has 0 unspecified atom stereocenters. The first-order valence-electron chi connectivity index (χ1n) is 7.45. The maximum atomic E-state index is 11.5. The number of benzene rings is 2. The summed E-state index contributed by atoms with van der Waals surface area (Å²) in [5.74, 6) is -0.438. The van der Waals surface area contributed by atoms with Gasteiger partial charge in [0.25, 0.3) is 0 Å². The van der Waals surface area contributed by atoms with Crippen LogP contribution in [0.15, 0.2) is 64.5 Å². The van der Waals surface area contributed by atoms with Crippen LogP contribution in [0.3, 0.4) is 0 Å². The number of fused-ring (bicyclic) bond motifs is 1. The minimum absolute atomic E-state index is 0.289. The Balaban J connectivity index is 1.98. The second-order valence-corrected chi connectivity index (χ2v) is 6.75. The Kier molecular flexibility index (Phi) is 4.35. The van der Waals surface area contributed by atoms with E-state index in [0.717, 1.165) is 4.90 Å². The molecule has 3 nitrogen and oxygen atoms in total. The van der Waals surface area contributed by atoms with Crippen molar-refractivity contribution in [1.29, 1.82) is 0 Å². The zero-order valence-corrected chi connectivity index (χ0v) is 13.8. The van der Waals surface area contributed by atoms with Crippen LogP contribution in [-0.2, 0) is 0 Å². The number of carbonyl (C=O) groups is 1. The zero-order valence-electron chi connectivity index (χ0n) is 13.0. The molecule has 0 bridgehead atoms. The van der Waals surface area contributed by atoms with Crippen molar-refractivity contribution in [3.05, 3.63) is 65.7 Å². The molecule has 116 valence electrons. The molecule has 23 heavy (non-hydrogen) atoms. The SMILES string of the molecule is CC(C)c1ccc(Sc2cc(C(=O)O)c3ccccc3n2)cc1. The lowest BCUT2D eigenvalue weighted by Crippen LogP contribution is -1.99. The minimum Gasteiger partial charge on any atom is -0.478 e. The zero-order chi connectivity index (χ0) is 16.4. The van der Waals surface area contributed by atoms with E-state index in [1.807, 2.05) is 18.2 Å². The summed E-state index contributed by atoms with van der Waals surface area (Å²) >= 11 is 1.48.